The van der Waals surface area contributed by atoms with Crippen molar-refractivity contribution < 1.29 is 18.0 Å². The zero-order valence-electron chi connectivity index (χ0n) is 17.9. The number of amides is 2. The van der Waals surface area contributed by atoms with Crippen molar-refractivity contribution in [3.63, 3.8) is 0 Å². The van der Waals surface area contributed by atoms with Gasteiger partial charge in [0.15, 0.2) is 0 Å². The van der Waals surface area contributed by atoms with E-state index in [1.165, 1.54) is 0 Å². The van der Waals surface area contributed by atoms with E-state index in [1.54, 1.807) is 36.1 Å². The number of rotatable bonds is 6. The number of sulfonamides is 1. The summed E-state index contributed by atoms with van der Waals surface area (Å²) in [6.07, 6.45) is 6.00. The van der Waals surface area contributed by atoms with Gasteiger partial charge in [-0.05, 0) is 75.6 Å². The topological polar surface area (TPSA) is 95.6 Å². The van der Waals surface area contributed by atoms with Crippen LogP contribution in [-0.4, -0.2) is 50.0 Å². The average Bonchev–Trinajstić information content (AvgIpc) is 2.75. The molecule has 1 saturated heterocycles. The van der Waals surface area contributed by atoms with E-state index in [4.69, 9.17) is 0 Å². The van der Waals surface area contributed by atoms with E-state index in [9.17, 15) is 18.0 Å². The maximum atomic E-state index is 12.9. The molecule has 2 N–H and O–H groups in total. The number of anilines is 1. The molecule has 0 spiro atoms. The summed E-state index contributed by atoms with van der Waals surface area (Å²) in [6, 6.07) is 6.71. The highest BCUT2D eigenvalue weighted by molar-refractivity contribution is 7.92. The molecule has 1 aliphatic carbocycles. The molecule has 1 unspecified atom stereocenters. The number of piperidine rings is 1. The van der Waals surface area contributed by atoms with Gasteiger partial charge in [-0.25, -0.2) is 8.42 Å². The Bertz CT molecular complexity index is 846. The SMILES string of the molecule is CCS(=O)(=O)Nc1ccc(C(=O)N2CCCC(C(=O)NC3CCC(C)CC3)C2)cc1. The Labute approximate surface area is 179 Å². The summed E-state index contributed by atoms with van der Waals surface area (Å²) in [5, 5.41) is 3.20. The van der Waals surface area contributed by atoms with Crippen molar-refractivity contribution in [2.75, 3.05) is 23.6 Å². The van der Waals surface area contributed by atoms with Gasteiger partial charge in [-0.2, -0.15) is 0 Å². The number of likely N-dealkylation sites (tertiary alicyclic amines) is 1. The number of carbonyl (C=O) groups excluding carboxylic acids is 2. The number of benzene rings is 1. The van der Waals surface area contributed by atoms with Gasteiger partial charge in [-0.1, -0.05) is 6.92 Å². The van der Waals surface area contributed by atoms with Crippen LogP contribution in [0.5, 0.6) is 0 Å². The molecular formula is C22H33N3O4S. The Morgan fingerprint density at radius 1 is 1.07 bits per heavy atom. The molecule has 0 aromatic heterocycles. The molecule has 2 amide bonds. The normalized spacial score (nSPS) is 24.9. The number of carbonyl (C=O) groups is 2. The minimum atomic E-state index is -3.35. The van der Waals surface area contributed by atoms with Gasteiger partial charge < -0.3 is 10.2 Å². The number of hydrogen-bond donors (Lipinski definition) is 2. The maximum absolute atomic E-state index is 12.9. The van der Waals surface area contributed by atoms with Gasteiger partial charge in [0.25, 0.3) is 5.91 Å². The largest absolute Gasteiger partial charge is 0.353 e. The van der Waals surface area contributed by atoms with Crippen LogP contribution in [0.4, 0.5) is 5.69 Å². The first-order valence-corrected chi connectivity index (χ1v) is 12.6. The van der Waals surface area contributed by atoms with Gasteiger partial charge in [0.05, 0.1) is 11.7 Å². The molecule has 1 aromatic carbocycles. The molecule has 166 valence electrons. The van der Waals surface area contributed by atoms with Gasteiger partial charge in [-0.3, -0.25) is 14.3 Å². The van der Waals surface area contributed by atoms with Gasteiger partial charge >= 0.3 is 0 Å². The first-order valence-electron chi connectivity index (χ1n) is 11.0. The highest BCUT2D eigenvalue weighted by Crippen LogP contribution is 2.25. The molecule has 1 atom stereocenters. The lowest BCUT2D eigenvalue weighted by Crippen LogP contribution is -2.48. The van der Waals surface area contributed by atoms with Gasteiger partial charge in [0.2, 0.25) is 15.9 Å². The van der Waals surface area contributed by atoms with Crippen molar-refractivity contribution in [3.05, 3.63) is 29.8 Å². The van der Waals surface area contributed by atoms with E-state index in [2.05, 4.69) is 17.0 Å². The first-order chi connectivity index (χ1) is 14.3. The highest BCUT2D eigenvalue weighted by atomic mass is 32.2. The van der Waals surface area contributed by atoms with Crippen LogP contribution in [0.25, 0.3) is 0 Å². The van der Waals surface area contributed by atoms with E-state index >= 15 is 0 Å². The third-order valence-electron chi connectivity index (χ3n) is 6.23. The zero-order valence-corrected chi connectivity index (χ0v) is 18.7. The summed E-state index contributed by atoms with van der Waals surface area (Å²) in [4.78, 5) is 27.4. The van der Waals surface area contributed by atoms with Crippen LogP contribution in [0.15, 0.2) is 24.3 Å². The summed E-state index contributed by atoms with van der Waals surface area (Å²) in [6.45, 7) is 4.89. The fourth-order valence-corrected chi connectivity index (χ4v) is 4.85. The number of nitrogens with zero attached hydrogens (tertiary/aromatic N) is 1. The van der Waals surface area contributed by atoms with Crippen LogP contribution in [-0.2, 0) is 14.8 Å². The Balaban J connectivity index is 1.56. The zero-order chi connectivity index (χ0) is 21.7. The number of hydrogen-bond acceptors (Lipinski definition) is 4. The Kier molecular flexibility index (Phi) is 7.39. The Morgan fingerprint density at radius 3 is 2.37 bits per heavy atom. The van der Waals surface area contributed by atoms with Crippen LogP contribution >= 0.6 is 0 Å². The summed E-state index contributed by atoms with van der Waals surface area (Å²) in [5.41, 5.74) is 0.933. The summed E-state index contributed by atoms with van der Waals surface area (Å²) >= 11 is 0. The molecule has 3 rings (SSSR count). The van der Waals surface area contributed by atoms with Crippen molar-refractivity contribution in [2.24, 2.45) is 11.8 Å². The highest BCUT2D eigenvalue weighted by Gasteiger charge is 2.30. The van der Waals surface area contributed by atoms with Crippen LogP contribution < -0.4 is 10.0 Å². The smallest absolute Gasteiger partial charge is 0.253 e. The van der Waals surface area contributed by atoms with Crippen molar-refractivity contribution in [1.29, 1.82) is 0 Å². The lowest BCUT2D eigenvalue weighted by atomic mass is 9.87. The van der Waals surface area contributed by atoms with E-state index in [-0.39, 0.29) is 29.5 Å². The molecule has 1 aromatic rings. The van der Waals surface area contributed by atoms with Crippen LogP contribution in [0.1, 0.15) is 62.7 Å². The molecule has 2 fully saturated rings. The molecule has 1 heterocycles. The summed E-state index contributed by atoms with van der Waals surface area (Å²) in [5.74, 6) is 0.507. The van der Waals surface area contributed by atoms with Crippen LogP contribution in [0.2, 0.25) is 0 Å². The standard InChI is InChI=1S/C22H33N3O4S/c1-3-30(28,29)24-20-12-8-17(9-13-20)22(27)25-14-4-5-18(15-25)21(26)23-19-10-6-16(2)7-11-19/h8-9,12-13,16,18-19,24H,3-7,10-11,14-15H2,1-2H3,(H,23,26). The van der Waals surface area contributed by atoms with Crippen molar-refractivity contribution in [3.8, 4) is 0 Å². The van der Waals surface area contributed by atoms with Crippen LogP contribution in [0, 0.1) is 11.8 Å². The van der Waals surface area contributed by atoms with Crippen molar-refractivity contribution >= 4 is 27.5 Å². The molecule has 8 heteroatoms. The second-order valence-electron chi connectivity index (χ2n) is 8.64. The van der Waals surface area contributed by atoms with E-state index in [0.29, 0.717) is 24.3 Å². The predicted octanol–water partition coefficient (Wildman–Crippen LogP) is 3.00. The second-order valence-corrected chi connectivity index (χ2v) is 10.6. The number of nitrogens with one attached hydrogen (secondary N) is 2. The van der Waals surface area contributed by atoms with Gasteiger partial charge in [0, 0.05) is 30.4 Å². The van der Waals surface area contributed by atoms with Gasteiger partial charge in [-0.15, -0.1) is 0 Å². The molecule has 7 nitrogen and oxygen atoms in total. The lowest BCUT2D eigenvalue weighted by molar-refractivity contribution is -0.127. The van der Waals surface area contributed by atoms with E-state index in [1.807, 2.05) is 0 Å². The predicted molar refractivity (Wildman–Crippen MR) is 118 cm³/mol. The third-order valence-corrected chi connectivity index (χ3v) is 7.53. The van der Waals surface area contributed by atoms with Gasteiger partial charge in [0.1, 0.15) is 0 Å². The lowest BCUT2D eigenvalue weighted by Gasteiger charge is -2.34. The Morgan fingerprint density at radius 2 is 1.73 bits per heavy atom. The quantitative estimate of drug-likeness (QED) is 0.718. The van der Waals surface area contributed by atoms with E-state index < -0.39 is 10.0 Å². The summed E-state index contributed by atoms with van der Waals surface area (Å²) < 4.78 is 25.8. The first kappa shape index (κ1) is 22.6. The van der Waals surface area contributed by atoms with Crippen molar-refractivity contribution in [1.82, 2.24) is 10.2 Å². The molecular weight excluding hydrogens is 402 g/mol. The second kappa shape index (κ2) is 9.81. The molecule has 2 aliphatic rings. The van der Waals surface area contributed by atoms with Crippen molar-refractivity contribution in [2.45, 2.75) is 58.4 Å². The minimum absolute atomic E-state index is 0.00913. The minimum Gasteiger partial charge on any atom is -0.353 e. The molecule has 0 radical (unpaired) electrons. The molecule has 30 heavy (non-hydrogen) atoms. The average molecular weight is 436 g/mol. The molecule has 1 aliphatic heterocycles. The third kappa shape index (κ3) is 5.97. The fraction of sp³-hybridized carbons (Fsp3) is 0.636. The molecule has 1 saturated carbocycles. The summed E-state index contributed by atoms with van der Waals surface area (Å²) in [7, 11) is -3.35. The van der Waals surface area contributed by atoms with E-state index in [0.717, 1.165) is 44.4 Å². The van der Waals surface area contributed by atoms with Crippen LogP contribution in [0.3, 0.4) is 0 Å². The monoisotopic (exact) mass is 435 g/mol. The fourth-order valence-electron chi connectivity index (χ4n) is 4.21. The maximum Gasteiger partial charge on any atom is 0.253 e. The Hall–Kier alpha value is -2.09. The molecule has 0 bridgehead atoms.